The monoisotopic (exact) mass is 499 g/mol. The van der Waals surface area contributed by atoms with Crippen molar-refractivity contribution < 1.29 is 27.4 Å². The van der Waals surface area contributed by atoms with Crippen LogP contribution in [0.15, 0.2) is 65.7 Å². The SMILES string of the molecule is O=C(CC(Nc1nc2ccccc2[nH]1)c1cccc(OC(F)(F)F)c1)NCC1=NC2CC=CCC2O1. The molecule has 1 aliphatic heterocycles. The van der Waals surface area contributed by atoms with Crippen molar-refractivity contribution in [2.45, 2.75) is 43.8 Å². The number of ether oxygens (including phenoxy) is 2. The maximum absolute atomic E-state index is 12.9. The Morgan fingerprint density at radius 2 is 2.00 bits per heavy atom. The van der Waals surface area contributed by atoms with Crippen molar-refractivity contribution in [1.82, 2.24) is 15.3 Å². The van der Waals surface area contributed by atoms with E-state index >= 15 is 0 Å². The molecular formula is C25H24F3N5O3. The molecule has 3 unspecified atom stereocenters. The predicted molar refractivity (Wildman–Crippen MR) is 128 cm³/mol. The average molecular weight is 499 g/mol. The van der Waals surface area contributed by atoms with Gasteiger partial charge >= 0.3 is 6.36 Å². The number of carbonyl (C=O) groups excluding carboxylic acids is 1. The maximum Gasteiger partial charge on any atom is 0.573 e. The van der Waals surface area contributed by atoms with Gasteiger partial charge in [-0.3, -0.25) is 4.79 Å². The number of fused-ring (bicyclic) bond motifs is 2. The van der Waals surface area contributed by atoms with Crippen LogP contribution in [0.4, 0.5) is 19.1 Å². The van der Waals surface area contributed by atoms with Gasteiger partial charge in [0.05, 0.1) is 36.1 Å². The molecule has 188 valence electrons. The molecular weight excluding hydrogens is 475 g/mol. The number of para-hydroxylation sites is 2. The number of aromatic nitrogens is 2. The Morgan fingerprint density at radius 1 is 1.17 bits per heavy atom. The predicted octanol–water partition coefficient (Wildman–Crippen LogP) is 4.64. The molecule has 2 heterocycles. The summed E-state index contributed by atoms with van der Waals surface area (Å²) in [6.45, 7) is 0.139. The van der Waals surface area contributed by atoms with E-state index in [1.54, 1.807) is 6.07 Å². The van der Waals surface area contributed by atoms with Gasteiger partial charge in [0.25, 0.3) is 0 Å². The number of imidazole rings is 1. The molecule has 1 amide bonds. The number of hydrogen-bond acceptors (Lipinski definition) is 6. The number of benzene rings is 2. The molecule has 11 heteroatoms. The largest absolute Gasteiger partial charge is 0.573 e. The average Bonchev–Trinajstić information content (AvgIpc) is 3.44. The number of amides is 1. The second-order valence-electron chi connectivity index (χ2n) is 8.59. The van der Waals surface area contributed by atoms with Crippen LogP contribution in [0.2, 0.25) is 0 Å². The van der Waals surface area contributed by atoms with Crippen molar-refractivity contribution in [3.8, 4) is 5.75 Å². The van der Waals surface area contributed by atoms with E-state index in [0.717, 1.165) is 18.4 Å². The fraction of sp³-hybridized carbons (Fsp3) is 0.320. The number of aromatic amines is 1. The fourth-order valence-electron chi connectivity index (χ4n) is 4.31. The summed E-state index contributed by atoms with van der Waals surface area (Å²) in [4.78, 5) is 25.0. The first-order valence-electron chi connectivity index (χ1n) is 11.5. The summed E-state index contributed by atoms with van der Waals surface area (Å²) in [5.74, 6) is 0.160. The summed E-state index contributed by atoms with van der Waals surface area (Å²) in [7, 11) is 0. The zero-order valence-electron chi connectivity index (χ0n) is 19.1. The number of nitrogens with zero attached hydrogens (tertiary/aromatic N) is 2. The second kappa shape index (κ2) is 9.92. The summed E-state index contributed by atoms with van der Waals surface area (Å²) in [5.41, 5.74) is 1.92. The van der Waals surface area contributed by atoms with Crippen LogP contribution in [-0.4, -0.2) is 46.8 Å². The number of anilines is 1. The minimum absolute atomic E-state index is 0.000717. The Kier molecular flexibility index (Phi) is 6.53. The lowest BCUT2D eigenvalue weighted by Crippen LogP contribution is -2.32. The molecule has 2 aromatic carbocycles. The lowest BCUT2D eigenvalue weighted by molar-refractivity contribution is -0.274. The molecule has 1 aromatic heterocycles. The first kappa shape index (κ1) is 23.7. The van der Waals surface area contributed by atoms with Crippen LogP contribution in [0.5, 0.6) is 5.75 Å². The molecule has 36 heavy (non-hydrogen) atoms. The van der Waals surface area contributed by atoms with Crippen molar-refractivity contribution in [3.63, 3.8) is 0 Å². The number of aliphatic imine (C=N–C) groups is 1. The van der Waals surface area contributed by atoms with Gasteiger partial charge in [0.15, 0.2) is 0 Å². The Morgan fingerprint density at radius 3 is 2.81 bits per heavy atom. The third-order valence-electron chi connectivity index (χ3n) is 5.96. The molecule has 2 aliphatic rings. The zero-order chi connectivity index (χ0) is 25.1. The number of nitrogens with one attached hydrogen (secondary N) is 3. The molecule has 1 aliphatic carbocycles. The highest BCUT2D eigenvalue weighted by Gasteiger charge is 2.32. The minimum Gasteiger partial charge on any atom is -0.474 e. The highest BCUT2D eigenvalue weighted by molar-refractivity contribution is 5.86. The van der Waals surface area contributed by atoms with Crippen LogP contribution in [0, 0.1) is 0 Å². The van der Waals surface area contributed by atoms with Gasteiger partial charge in [0.1, 0.15) is 11.9 Å². The van der Waals surface area contributed by atoms with Gasteiger partial charge < -0.3 is 25.1 Å². The molecule has 3 N–H and O–H groups in total. The van der Waals surface area contributed by atoms with E-state index in [0.29, 0.717) is 22.9 Å². The summed E-state index contributed by atoms with van der Waals surface area (Å²) < 4.78 is 48.2. The van der Waals surface area contributed by atoms with Gasteiger partial charge in [-0.1, -0.05) is 36.4 Å². The van der Waals surface area contributed by atoms with E-state index in [1.165, 1.54) is 18.2 Å². The van der Waals surface area contributed by atoms with E-state index in [2.05, 4.69) is 42.5 Å². The minimum atomic E-state index is -4.83. The fourth-order valence-corrected chi connectivity index (χ4v) is 4.31. The standard InChI is InChI=1S/C25H24F3N5O3/c26-25(27,28)36-16-7-5-6-15(12-16)20(33-24-31-17-8-1-2-9-18(17)32-24)13-22(34)29-14-23-30-19-10-3-4-11-21(19)35-23/h1-9,12,19-21H,10-11,13-14H2,(H,29,34)(H2,31,32,33). The molecule has 5 rings (SSSR count). The van der Waals surface area contributed by atoms with Crippen molar-refractivity contribution in [2.75, 3.05) is 11.9 Å². The van der Waals surface area contributed by atoms with E-state index in [1.807, 2.05) is 24.3 Å². The van der Waals surface area contributed by atoms with Crippen LogP contribution in [0.1, 0.15) is 30.9 Å². The maximum atomic E-state index is 12.9. The lowest BCUT2D eigenvalue weighted by Gasteiger charge is -2.20. The second-order valence-corrected chi connectivity index (χ2v) is 8.59. The molecule has 3 aromatic rings. The van der Waals surface area contributed by atoms with E-state index in [-0.39, 0.29) is 36.8 Å². The zero-order valence-corrected chi connectivity index (χ0v) is 19.1. The lowest BCUT2D eigenvalue weighted by atomic mass is 10.0. The molecule has 0 saturated heterocycles. The molecule has 3 atom stereocenters. The summed E-state index contributed by atoms with van der Waals surface area (Å²) in [6.07, 6.45) is 0.818. The van der Waals surface area contributed by atoms with Crippen LogP contribution in [0.3, 0.4) is 0 Å². The van der Waals surface area contributed by atoms with Gasteiger partial charge in [-0.2, -0.15) is 0 Å². The Balaban J connectivity index is 1.30. The van der Waals surface area contributed by atoms with E-state index in [4.69, 9.17) is 4.74 Å². The van der Waals surface area contributed by atoms with Crippen LogP contribution in [-0.2, 0) is 9.53 Å². The molecule has 0 spiro atoms. The van der Waals surface area contributed by atoms with Crippen LogP contribution >= 0.6 is 0 Å². The third kappa shape index (κ3) is 5.78. The van der Waals surface area contributed by atoms with Crippen LogP contribution < -0.4 is 15.4 Å². The van der Waals surface area contributed by atoms with Gasteiger partial charge in [-0.15, -0.1) is 13.2 Å². The van der Waals surface area contributed by atoms with E-state index in [9.17, 15) is 18.0 Å². The summed E-state index contributed by atoms with van der Waals surface area (Å²) in [6, 6.07) is 12.3. The Hall–Kier alpha value is -4.02. The molecule has 0 bridgehead atoms. The smallest absolute Gasteiger partial charge is 0.474 e. The number of carbonyl (C=O) groups is 1. The first-order valence-corrected chi connectivity index (χ1v) is 11.5. The van der Waals surface area contributed by atoms with E-state index < -0.39 is 12.4 Å². The van der Waals surface area contributed by atoms with Crippen molar-refractivity contribution >= 4 is 28.8 Å². The third-order valence-corrected chi connectivity index (χ3v) is 5.96. The van der Waals surface area contributed by atoms with Gasteiger partial charge in [0.2, 0.25) is 17.8 Å². The molecule has 0 saturated carbocycles. The Bertz CT molecular complexity index is 1270. The van der Waals surface area contributed by atoms with Crippen molar-refractivity contribution in [2.24, 2.45) is 4.99 Å². The number of halogens is 3. The summed E-state index contributed by atoms with van der Waals surface area (Å²) in [5, 5.41) is 5.94. The number of alkyl halides is 3. The number of rotatable bonds is 8. The molecule has 8 nitrogen and oxygen atoms in total. The molecule has 0 fully saturated rings. The number of hydrogen-bond donors (Lipinski definition) is 3. The molecule has 0 radical (unpaired) electrons. The first-order chi connectivity index (χ1) is 17.3. The van der Waals surface area contributed by atoms with Crippen molar-refractivity contribution in [3.05, 3.63) is 66.2 Å². The number of H-pyrrole nitrogens is 1. The highest BCUT2D eigenvalue weighted by atomic mass is 19.4. The van der Waals surface area contributed by atoms with Gasteiger partial charge in [-0.25, -0.2) is 9.98 Å². The van der Waals surface area contributed by atoms with Gasteiger partial charge in [-0.05, 0) is 36.2 Å². The topological polar surface area (TPSA) is 101 Å². The summed E-state index contributed by atoms with van der Waals surface area (Å²) >= 11 is 0. The van der Waals surface area contributed by atoms with Gasteiger partial charge in [0, 0.05) is 6.42 Å². The Labute approximate surface area is 204 Å². The van der Waals surface area contributed by atoms with Crippen molar-refractivity contribution in [1.29, 1.82) is 0 Å². The van der Waals surface area contributed by atoms with Crippen LogP contribution in [0.25, 0.3) is 11.0 Å². The normalized spacial score (nSPS) is 19.8. The highest BCUT2D eigenvalue weighted by Crippen LogP contribution is 2.29. The quantitative estimate of drug-likeness (QED) is 0.392.